The summed E-state index contributed by atoms with van der Waals surface area (Å²) in [5, 5.41) is 3.61. The van der Waals surface area contributed by atoms with Crippen LogP contribution in [-0.2, 0) is 16.0 Å². The van der Waals surface area contributed by atoms with Gasteiger partial charge in [-0.2, -0.15) is 0 Å². The Hall–Kier alpha value is -3.49. The summed E-state index contributed by atoms with van der Waals surface area (Å²) in [4.78, 5) is 29.5. The Kier molecular flexibility index (Phi) is 8.18. The molecule has 0 aromatic heterocycles. The fraction of sp³-hybridized carbons (Fsp3) is 0.222. The zero-order chi connectivity index (χ0) is 25.7. The molecule has 36 heavy (non-hydrogen) atoms. The zero-order valence-corrected chi connectivity index (χ0v) is 21.2. The van der Waals surface area contributed by atoms with Crippen LogP contribution in [0.1, 0.15) is 18.9 Å². The lowest BCUT2D eigenvalue weighted by Crippen LogP contribution is -2.39. The van der Waals surface area contributed by atoms with E-state index in [0.29, 0.717) is 40.7 Å². The third-order valence-electron chi connectivity index (χ3n) is 5.81. The molecular weight excluding hydrogens is 501 g/mol. The van der Waals surface area contributed by atoms with Crippen molar-refractivity contribution < 1.29 is 18.7 Å². The van der Waals surface area contributed by atoms with Crippen molar-refractivity contribution in [2.45, 2.75) is 25.8 Å². The van der Waals surface area contributed by atoms with Crippen molar-refractivity contribution in [3.63, 3.8) is 0 Å². The first kappa shape index (κ1) is 25.6. The van der Waals surface area contributed by atoms with Gasteiger partial charge < -0.3 is 15.0 Å². The lowest BCUT2D eigenvalue weighted by atomic mass is 10.1. The van der Waals surface area contributed by atoms with E-state index in [1.165, 1.54) is 11.0 Å². The normalized spacial score (nSPS) is 15.4. The van der Waals surface area contributed by atoms with Crippen LogP contribution in [0.25, 0.3) is 0 Å². The smallest absolute Gasteiger partial charge is 0.256 e. The minimum absolute atomic E-state index is 0.118. The maximum absolute atomic E-state index is 14.2. The van der Waals surface area contributed by atoms with Crippen LogP contribution in [-0.4, -0.2) is 41.0 Å². The summed E-state index contributed by atoms with van der Waals surface area (Å²) in [6.45, 7) is 2.71. The number of hydrogen-bond donors (Lipinski definition) is 1. The van der Waals surface area contributed by atoms with Gasteiger partial charge in [0.15, 0.2) is 5.11 Å². The SMILES string of the molecule is CCOc1ccc(NC(=O)CC2C(=O)N(c3ccc(Cl)cc3)C(=S)N2CCc2ccccc2F)cc1. The van der Waals surface area contributed by atoms with Crippen LogP contribution >= 0.6 is 23.8 Å². The molecule has 9 heteroatoms. The van der Waals surface area contributed by atoms with Crippen LogP contribution in [0, 0.1) is 5.82 Å². The summed E-state index contributed by atoms with van der Waals surface area (Å²) in [5.74, 6) is -0.287. The summed E-state index contributed by atoms with van der Waals surface area (Å²) >= 11 is 11.7. The lowest BCUT2D eigenvalue weighted by Gasteiger charge is -2.24. The van der Waals surface area contributed by atoms with E-state index in [9.17, 15) is 14.0 Å². The average Bonchev–Trinajstić information content (AvgIpc) is 3.09. The maximum atomic E-state index is 14.2. The Bertz CT molecular complexity index is 1250. The number of carbonyl (C=O) groups is 2. The summed E-state index contributed by atoms with van der Waals surface area (Å²) in [6.07, 6.45) is 0.207. The van der Waals surface area contributed by atoms with Gasteiger partial charge in [0.1, 0.15) is 17.6 Å². The van der Waals surface area contributed by atoms with Gasteiger partial charge in [0.2, 0.25) is 5.91 Å². The molecule has 1 aliphatic heterocycles. The quantitative estimate of drug-likeness (QED) is 0.376. The van der Waals surface area contributed by atoms with Crippen LogP contribution in [0.5, 0.6) is 5.75 Å². The third-order valence-corrected chi connectivity index (χ3v) is 6.48. The Morgan fingerprint density at radius 2 is 1.78 bits per heavy atom. The van der Waals surface area contributed by atoms with E-state index in [-0.39, 0.29) is 35.7 Å². The number of halogens is 2. The topological polar surface area (TPSA) is 61.9 Å². The number of nitrogens with one attached hydrogen (secondary N) is 1. The first-order valence-corrected chi connectivity index (χ1v) is 12.3. The predicted molar refractivity (Wildman–Crippen MR) is 143 cm³/mol. The van der Waals surface area contributed by atoms with E-state index in [4.69, 9.17) is 28.6 Å². The molecule has 0 radical (unpaired) electrons. The lowest BCUT2D eigenvalue weighted by molar-refractivity contribution is -0.124. The fourth-order valence-electron chi connectivity index (χ4n) is 4.05. The van der Waals surface area contributed by atoms with E-state index in [1.807, 2.05) is 6.92 Å². The molecular formula is C27H25ClFN3O3S. The van der Waals surface area contributed by atoms with E-state index >= 15 is 0 Å². The molecule has 0 saturated carbocycles. The Morgan fingerprint density at radius 3 is 2.44 bits per heavy atom. The van der Waals surface area contributed by atoms with Crippen molar-refractivity contribution in [1.29, 1.82) is 0 Å². The molecule has 1 heterocycles. The average molecular weight is 526 g/mol. The van der Waals surface area contributed by atoms with Gasteiger partial charge in [0, 0.05) is 17.3 Å². The van der Waals surface area contributed by atoms with Gasteiger partial charge in [-0.25, -0.2) is 4.39 Å². The molecule has 1 unspecified atom stereocenters. The van der Waals surface area contributed by atoms with Crippen LogP contribution < -0.4 is 15.0 Å². The number of rotatable bonds is 9. The molecule has 3 aromatic carbocycles. The highest BCUT2D eigenvalue weighted by molar-refractivity contribution is 7.80. The van der Waals surface area contributed by atoms with E-state index in [2.05, 4.69) is 5.32 Å². The second-order valence-corrected chi connectivity index (χ2v) is 8.99. The Morgan fingerprint density at radius 1 is 1.08 bits per heavy atom. The third kappa shape index (κ3) is 5.83. The molecule has 1 saturated heterocycles. The number of amides is 2. The summed E-state index contributed by atoms with van der Waals surface area (Å²) < 4.78 is 19.7. The molecule has 0 spiro atoms. The standard InChI is InChI=1S/C27H25ClFN3O3S/c1-2-35-22-13-9-20(10-14-22)30-25(33)17-24-26(34)32(21-11-7-19(28)8-12-21)27(36)31(24)16-15-18-5-3-4-6-23(18)29/h3-14,24H,2,15-17H2,1H3,(H,30,33). The molecule has 0 bridgehead atoms. The number of benzene rings is 3. The molecule has 6 nitrogen and oxygen atoms in total. The van der Waals surface area contributed by atoms with Crippen molar-refractivity contribution in [2.24, 2.45) is 0 Å². The molecule has 3 aromatic rings. The van der Waals surface area contributed by atoms with E-state index in [0.717, 1.165) is 0 Å². The molecule has 4 rings (SSSR count). The van der Waals surface area contributed by atoms with Crippen molar-refractivity contribution in [3.8, 4) is 5.75 Å². The van der Waals surface area contributed by atoms with E-state index < -0.39 is 6.04 Å². The van der Waals surface area contributed by atoms with Gasteiger partial charge in [-0.05, 0) is 85.7 Å². The Balaban J connectivity index is 1.53. The number of ether oxygens (including phenoxy) is 1. The first-order chi connectivity index (χ1) is 17.4. The number of nitrogens with zero attached hydrogens (tertiary/aromatic N) is 2. The second-order valence-electron chi connectivity index (χ2n) is 8.19. The molecule has 1 atom stereocenters. The highest BCUT2D eigenvalue weighted by atomic mass is 35.5. The summed E-state index contributed by atoms with van der Waals surface area (Å²) in [7, 11) is 0. The summed E-state index contributed by atoms with van der Waals surface area (Å²) in [6, 6.07) is 19.4. The second kappa shape index (κ2) is 11.5. The zero-order valence-electron chi connectivity index (χ0n) is 19.6. The van der Waals surface area contributed by atoms with Crippen LogP contribution in [0.15, 0.2) is 72.8 Å². The van der Waals surface area contributed by atoms with Crippen molar-refractivity contribution in [1.82, 2.24) is 4.90 Å². The largest absolute Gasteiger partial charge is 0.494 e. The van der Waals surface area contributed by atoms with Gasteiger partial charge in [-0.3, -0.25) is 14.5 Å². The molecule has 1 N–H and O–H groups in total. The molecule has 2 amide bonds. The van der Waals surface area contributed by atoms with Crippen molar-refractivity contribution in [3.05, 3.63) is 89.2 Å². The minimum Gasteiger partial charge on any atom is -0.494 e. The molecule has 0 aliphatic carbocycles. The van der Waals surface area contributed by atoms with Crippen LogP contribution in [0.3, 0.4) is 0 Å². The van der Waals surface area contributed by atoms with Gasteiger partial charge in [0.05, 0.1) is 18.7 Å². The van der Waals surface area contributed by atoms with Gasteiger partial charge in [-0.15, -0.1) is 0 Å². The summed E-state index contributed by atoms with van der Waals surface area (Å²) in [5.41, 5.74) is 1.65. The van der Waals surface area contributed by atoms with Gasteiger partial charge in [-0.1, -0.05) is 29.8 Å². The van der Waals surface area contributed by atoms with Crippen molar-refractivity contribution in [2.75, 3.05) is 23.4 Å². The minimum atomic E-state index is -0.831. The molecule has 186 valence electrons. The number of thiocarbonyl (C=S) groups is 1. The van der Waals surface area contributed by atoms with Crippen LogP contribution in [0.4, 0.5) is 15.8 Å². The van der Waals surface area contributed by atoms with Crippen molar-refractivity contribution >= 4 is 52.1 Å². The maximum Gasteiger partial charge on any atom is 0.256 e. The fourth-order valence-corrected chi connectivity index (χ4v) is 4.59. The number of hydrogen-bond acceptors (Lipinski definition) is 4. The van der Waals surface area contributed by atoms with Gasteiger partial charge in [0.25, 0.3) is 5.91 Å². The highest BCUT2D eigenvalue weighted by Gasteiger charge is 2.44. The van der Waals surface area contributed by atoms with Gasteiger partial charge >= 0.3 is 0 Å². The molecule has 1 fully saturated rings. The Labute approximate surface area is 219 Å². The molecule has 1 aliphatic rings. The number of carbonyl (C=O) groups excluding carboxylic acids is 2. The predicted octanol–water partition coefficient (Wildman–Crippen LogP) is 5.45. The first-order valence-electron chi connectivity index (χ1n) is 11.5. The number of anilines is 2. The van der Waals surface area contributed by atoms with Crippen LogP contribution in [0.2, 0.25) is 5.02 Å². The van der Waals surface area contributed by atoms with E-state index in [1.54, 1.807) is 71.6 Å². The monoisotopic (exact) mass is 525 g/mol. The highest BCUT2D eigenvalue weighted by Crippen LogP contribution is 2.29.